The van der Waals surface area contributed by atoms with Gasteiger partial charge in [0.15, 0.2) is 0 Å². The van der Waals surface area contributed by atoms with Crippen LogP contribution in [0.3, 0.4) is 0 Å². The van der Waals surface area contributed by atoms with Crippen molar-refractivity contribution in [2.75, 3.05) is 18.0 Å². The lowest BCUT2D eigenvalue weighted by molar-refractivity contribution is 0.453. The number of nitrogens with zero attached hydrogens (tertiary/aromatic N) is 3. The molecule has 2 heterocycles. The van der Waals surface area contributed by atoms with Crippen LogP contribution in [0.2, 0.25) is 0 Å². The van der Waals surface area contributed by atoms with Crippen molar-refractivity contribution in [1.82, 2.24) is 9.36 Å². The van der Waals surface area contributed by atoms with Gasteiger partial charge in [0.2, 0.25) is 5.13 Å². The van der Waals surface area contributed by atoms with Gasteiger partial charge in [-0.25, -0.2) is 4.98 Å². The van der Waals surface area contributed by atoms with Gasteiger partial charge in [0.05, 0.1) is 0 Å². The zero-order valence-corrected chi connectivity index (χ0v) is 12.2. The van der Waals surface area contributed by atoms with E-state index in [2.05, 4.69) is 30.0 Å². The Kier molecular flexibility index (Phi) is 2.86. The van der Waals surface area contributed by atoms with E-state index in [4.69, 9.17) is 10.7 Å². The van der Waals surface area contributed by atoms with Gasteiger partial charge in [0, 0.05) is 36.1 Å². The molecule has 1 saturated carbocycles. The number of aromatic nitrogens is 2. The number of fused-ring (bicyclic) bond motifs is 1. The molecule has 0 amide bonds. The van der Waals surface area contributed by atoms with Crippen molar-refractivity contribution in [1.29, 1.82) is 0 Å². The Balaban J connectivity index is 1.75. The van der Waals surface area contributed by atoms with Gasteiger partial charge in [-0.15, -0.1) is 0 Å². The quantitative estimate of drug-likeness (QED) is 0.845. The normalized spacial score (nSPS) is 32.0. The lowest BCUT2D eigenvalue weighted by atomic mass is 9.96. The Labute approximate surface area is 113 Å². The molecule has 1 aliphatic carbocycles. The topological polar surface area (TPSA) is 55.0 Å². The van der Waals surface area contributed by atoms with E-state index in [9.17, 15) is 0 Å². The predicted molar refractivity (Wildman–Crippen MR) is 75.0 cm³/mol. The second kappa shape index (κ2) is 4.17. The molecule has 0 bridgehead atoms. The summed E-state index contributed by atoms with van der Waals surface area (Å²) in [5.41, 5.74) is 6.22. The highest BCUT2D eigenvalue weighted by Crippen LogP contribution is 2.39. The molecule has 1 saturated heterocycles. The van der Waals surface area contributed by atoms with E-state index in [1.54, 1.807) is 0 Å². The van der Waals surface area contributed by atoms with Crippen molar-refractivity contribution in [3.8, 4) is 0 Å². The van der Waals surface area contributed by atoms with Crippen molar-refractivity contribution in [2.45, 2.75) is 45.1 Å². The van der Waals surface area contributed by atoms with Crippen LogP contribution >= 0.6 is 11.5 Å². The number of hydrogen-bond acceptors (Lipinski definition) is 5. The Morgan fingerprint density at radius 3 is 2.67 bits per heavy atom. The summed E-state index contributed by atoms with van der Waals surface area (Å²) >= 11 is 1.54. The van der Waals surface area contributed by atoms with Crippen molar-refractivity contribution in [3.63, 3.8) is 0 Å². The molecule has 0 aromatic carbocycles. The van der Waals surface area contributed by atoms with Gasteiger partial charge in [-0.05, 0) is 24.7 Å². The molecular weight excluding hydrogens is 244 g/mol. The van der Waals surface area contributed by atoms with Gasteiger partial charge < -0.3 is 10.6 Å². The van der Waals surface area contributed by atoms with Crippen LogP contribution in [-0.4, -0.2) is 28.5 Å². The lowest BCUT2D eigenvalue weighted by Crippen LogP contribution is -2.30. The summed E-state index contributed by atoms with van der Waals surface area (Å²) in [6.45, 7) is 8.68. The maximum atomic E-state index is 6.18. The average Bonchev–Trinajstić information content (AvgIpc) is 2.93. The number of nitrogens with two attached hydrogens (primary N) is 1. The Bertz CT molecular complexity index is 436. The van der Waals surface area contributed by atoms with Crippen LogP contribution in [0.1, 0.15) is 39.4 Å². The molecule has 100 valence electrons. The minimum Gasteiger partial charge on any atom is -0.346 e. The van der Waals surface area contributed by atoms with Crippen molar-refractivity contribution < 1.29 is 0 Å². The molecule has 2 aliphatic rings. The van der Waals surface area contributed by atoms with E-state index in [-0.39, 0.29) is 5.41 Å². The van der Waals surface area contributed by atoms with Crippen LogP contribution in [0.25, 0.3) is 0 Å². The molecule has 4 nitrogen and oxygen atoms in total. The summed E-state index contributed by atoms with van der Waals surface area (Å²) in [5, 5.41) is 1.08. The first-order valence-corrected chi connectivity index (χ1v) is 7.57. The van der Waals surface area contributed by atoms with Gasteiger partial charge in [-0.2, -0.15) is 4.37 Å². The molecular formula is C13H22N4S. The summed E-state index contributed by atoms with van der Waals surface area (Å²) in [5.74, 6) is 2.41. The largest absolute Gasteiger partial charge is 0.346 e. The Morgan fingerprint density at radius 2 is 2.06 bits per heavy atom. The van der Waals surface area contributed by atoms with Crippen LogP contribution in [0.4, 0.5) is 5.13 Å². The highest BCUT2D eigenvalue weighted by molar-refractivity contribution is 7.09. The molecule has 1 aromatic heterocycles. The molecule has 2 N–H and O–H groups in total. The van der Waals surface area contributed by atoms with E-state index >= 15 is 0 Å². The van der Waals surface area contributed by atoms with Crippen LogP contribution < -0.4 is 10.6 Å². The summed E-state index contributed by atoms with van der Waals surface area (Å²) in [6.07, 6.45) is 2.49. The molecule has 2 fully saturated rings. The molecule has 18 heavy (non-hydrogen) atoms. The third-order valence-corrected chi connectivity index (χ3v) is 5.05. The van der Waals surface area contributed by atoms with Crippen molar-refractivity contribution in [3.05, 3.63) is 5.82 Å². The van der Waals surface area contributed by atoms with Crippen molar-refractivity contribution >= 4 is 16.7 Å². The number of anilines is 1. The highest BCUT2D eigenvalue weighted by Gasteiger charge is 2.42. The van der Waals surface area contributed by atoms with Crippen LogP contribution in [-0.2, 0) is 5.41 Å². The molecule has 1 aromatic rings. The van der Waals surface area contributed by atoms with Crippen LogP contribution in [0.5, 0.6) is 0 Å². The predicted octanol–water partition coefficient (Wildman–Crippen LogP) is 2.01. The minimum atomic E-state index is 0.0424. The van der Waals surface area contributed by atoms with E-state index in [1.165, 1.54) is 24.4 Å². The average molecular weight is 266 g/mol. The van der Waals surface area contributed by atoms with Crippen LogP contribution in [0, 0.1) is 11.8 Å². The fourth-order valence-electron chi connectivity index (χ4n) is 3.11. The fourth-order valence-corrected chi connectivity index (χ4v) is 3.99. The van der Waals surface area contributed by atoms with E-state index in [0.29, 0.717) is 12.0 Å². The highest BCUT2D eigenvalue weighted by atomic mass is 32.1. The number of rotatable bonds is 1. The van der Waals surface area contributed by atoms with Gasteiger partial charge in [-0.3, -0.25) is 0 Å². The van der Waals surface area contributed by atoms with Gasteiger partial charge in [0.25, 0.3) is 0 Å². The maximum absolute atomic E-state index is 6.18. The zero-order chi connectivity index (χ0) is 12.9. The Hall–Kier alpha value is -0.680. The second-order valence-corrected chi connectivity index (χ2v) is 7.45. The first kappa shape index (κ1) is 12.4. The zero-order valence-electron chi connectivity index (χ0n) is 11.4. The monoisotopic (exact) mass is 266 g/mol. The third-order valence-electron chi connectivity index (χ3n) is 4.27. The summed E-state index contributed by atoms with van der Waals surface area (Å²) in [7, 11) is 0. The second-order valence-electron chi connectivity index (χ2n) is 6.72. The van der Waals surface area contributed by atoms with Gasteiger partial charge in [0.1, 0.15) is 5.82 Å². The molecule has 0 spiro atoms. The number of hydrogen-bond donors (Lipinski definition) is 1. The summed E-state index contributed by atoms with van der Waals surface area (Å²) < 4.78 is 4.50. The first-order valence-electron chi connectivity index (χ1n) is 6.80. The maximum Gasteiger partial charge on any atom is 0.205 e. The smallest absolute Gasteiger partial charge is 0.205 e. The standard InChI is InChI=1S/C13H22N4S/c1-13(2,3)11-15-12(18-16-11)17-6-8-4-5-10(14)9(8)7-17/h8-10H,4-7,14H2,1-3H3. The van der Waals surface area contributed by atoms with Crippen LogP contribution in [0.15, 0.2) is 0 Å². The van der Waals surface area contributed by atoms with E-state index in [0.717, 1.165) is 30.0 Å². The Morgan fingerprint density at radius 1 is 1.28 bits per heavy atom. The summed E-state index contributed by atoms with van der Waals surface area (Å²) in [6, 6.07) is 0.398. The minimum absolute atomic E-state index is 0.0424. The van der Waals surface area contributed by atoms with E-state index in [1.807, 2.05) is 0 Å². The molecule has 3 atom stereocenters. The molecule has 3 rings (SSSR count). The fraction of sp³-hybridized carbons (Fsp3) is 0.846. The molecule has 0 radical (unpaired) electrons. The molecule has 5 heteroatoms. The SMILES string of the molecule is CC(C)(C)c1nsc(N2CC3CCC(N)C3C2)n1. The van der Waals surface area contributed by atoms with Crippen molar-refractivity contribution in [2.24, 2.45) is 17.6 Å². The third kappa shape index (κ3) is 2.03. The lowest BCUT2D eigenvalue weighted by Gasteiger charge is -2.17. The molecule has 1 aliphatic heterocycles. The molecule has 3 unspecified atom stereocenters. The first-order chi connectivity index (χ1) is 8.45. The van der Waals surface area contributed by atoms with Gasteiger partial charge >= 0.3 is 0 Å². The van der Waals surface area contributed by atoms with Gasteiger partial charge in [-0.1, -0.05) is 20.8 Å². The van der Waals surface area contributed by atoms with E-state index < -0.39 is 0 Å². The summed E-state index contributed by atoms with van der Waals surface area (Å²) in [4.78, 5) is 7.10.